The zero-order chi connectivity index (χ0) is 26.6. The number of likely N-dealkylation sites (N-methyl/N-ethyl adjacent to an activating group) is 1. The molecule has 0 radical (unpaired) electrons. The molecule has 1 unspecified atom stereocenters. The van der Waals surface area contributed by atoms with Gasteiger partial charge in [0.1, 0.15) is 22.8 Å². The summed E-state index contributed by atoms with van der Waals surface area (Å²) in [6, 6.07) is 3.13. The van der Waals surface area contributed by atoms with Crippen molar-refractivity contribution in [3.63, 3.8) is 0 Å². The summed E-state index contributed by atoms with van der Waals surface area (Å²) in [5, 5.41) is 62.5. The zero-order valence-electron chi connectivity index (χ0n) is 20.7. The molecule has 0 bridgehead atoms. The maximum atomic E-state index is 13.7. The molecule has 1 aromatic carbocycles. The zero-order valence-corrected chi connectivity index (χ0v) is 21.5. The van der Waals surface area contributed by atoms with Gasteiger partial charge in [0.25, 0.3) is 5.91 Å². The Balaban J connectivity index is 0.00000131. The fraction of sp³-hybridized carbons (Fsp3) is 0.458. The van der Waals surface area contributed by atoms with Crippen LogP contribution in [0.4, 0.5) is 0 Å². The lowest BCUT2D eigenvalue weighted by Crippen LogP contribution is -2.70. The van der Waals surface area contributed by atoms with Crippen LogP contribution in [-0.2, 0) is 14.4 Å². The van der Waals surface area contributed by atoms with Crippen LogP contribution in [0.3, 0.4) is 0 Å². The van der Waals surface area contributed by atoms with Gasteiger partial charge >= 0.3 is 0 Å². The van der Waals surface area contributed by atoms with Crippen LogP contribution in [-0.4, -0.2) is 96.9 Å². The van der Waals surface area contributed by atoms with Gasteiger partial charge in [0.2, 0.25) is 5.78 Å². The molecule has 0 saturated heterocycles. The lowest BCUT2D eigenvalue weighted by atomic mass is 9.54. The fourth-order valence-corrected chi connectivity index (χ4v) is 5.58. The molecule has 37 heavy (non-hydrogen) atoms. The number of amides is 1. The van der Waals surface area contributed by atoms with Gasteiger partial charge in [0.05, 0.1) is 23.6 Å². The first-order valence-corrected chi connectivity index (χ1v) is 11.0. The summed E-state index contributed by atoms with van der Waals surface area (Å²) in [6.07, 6.45) is -1.59. The average molecular weight is 545 g/mol. The number of aliphatic hydroxyl groups is 5. The number of carbonyl (C=O) groups is 3. The number of hydrogen-bond acceptors (Lipinski definition) is 10. The molecule has 3 aliphatic carbocycles. The van der Waals surface area contributed by atoms with Crippen molar-refractivity contribution in [2.75, 3.05) is 20.7 Å². The van der Waals surface area contributed by atoms with Gasteiger partial charge < -0.3 is 41.8 Å². The van der Waals surface area contributed by atoms with Gasteiger partial charge in [-0.15, -0.1) is 12.4 Å². The normalized spacial score (nSPS) is 30.2. The number of halogens is 1. The molecule has 0 spiro atoms. The second-order valence-electron chi connectivity index (χ2n) is 9.11. The highest BCUT2D eigenvalue weighted by atomic mass is 35.5. The fourth-order valence-electron chi connectivity index (χ4n) is 5.58. The molecule has 13 heteroatoms. The maximum absolute atomic E-state index is 13.7. The highest BCUT2D eigenvalue weighted by molar-refractivity contribution is 6.24. The standard InChI is InChI=1S/C22H24N2O8.C2H6O.ClH.H2O/c1-7-8-5-4-6-9(25)11(8)16(26)12-10(7)17(27)14-15(24(2)3)18(28)13(21(23)31)20(30)22(14,32)19(12)29;1-2-3;;/h4-7,10,14-15,17,25-27,30,32H,1-3H3,(H2,23,31);3H,2H2,1H3;1H;1H2/t7-,10+,14+,15-,17?,22-;;;/m0.../s1. The molecule has 10 N–H and O–H groups in total. The van der Waals surface area contributed by atoms with E-state index in [4.69, 9.17) is 10.8 Å². The Morgan fingerprint density at radius 1 is 1.16 bits per heavy atom. The smallest absolute Gasteiger partial charge is 0.255 e. The summed E-state index contributed by atoms with van der Waals surface area (Å²) < 4.78 is 0. The van der Waals surface area contributed by atoms with Crippen molar-refractivity contribution in [1.29, 1.82) is 0 Å². The van der Waals surface area contributed by atoms with Crippen LogP contribution in [0.2, 0.25) is 0 Å². The molecule has 1 saturated carbocycles. The van der Waals surface area contributed by atoms with Gasteiger partial charge in [-0.3, -0.25) is 19.3 Å². The molecule has 0 aliphatic heterocycles. The highest BCUT2D eigenvalue weighted by Gasteiger charge is 2.68. The first kappa shape index (κ1) is 32.0. The van der Waals surface area contributed by atoms with Gasteiger partial charge in [0.15, 0.2) is 11.4 Å². The lowest BCUT2D eigenvalue weighted by molar-refractivity contribution is -0.169. The number of phenolic OH excluding ortho intramolecular Hbond substituents is 1. The summed E-state index contributed by atoms with van der Waals surface area (Å²) >= 11 is 0. The largest absolute Gasteiger partial charge is 0.508 e. The summed E-state index contributed by atoms with van der Waals surface area (Å²) in [5.41, 5.74) is 1.47. The van der Waals surface area contributed by atoms with Crippen LogP contribution in [0.15, 0.2) is 35.1 Å². The minimum atomic E-state index is -2.89. The third-order valence-corrected chi connectivity index (χ3v) is 6.99. The van der Waals surface area contributed by atoms with Crippen molar-refractivity contribution < 1.29 is 50.5 Å². The van der Waals surface area contributed by atoms with Crippen LogP contribution < -0.4 is 5.73 Å². The van der Waals surface area contributed by atoms with Crippen molar-refractivity contribution in [2.24, 2.45) is 17.6 Å². The number of benzene rings is 1. The number of ketones is 2. The van der Waals surface area contributed by atoms with E-state index in [0.29, 0.717) is 5.56 Å². The Labute approximate surface area is 219 Å². The predicted octanol–water partition coefficient (Wildman–Crippen LogP) is -0.908. The minimum Gasteiger partial charge on any atom is -0.508 e. The minimum absolute atomic E-state index is 0. The van der Waals surface area contributed by atoms with Crippen LogP contribution in [0.5, 0.6) is 5.75 Å². The van der Waals surface area contributed by atoms with Crippen LogP contribution in [0.25, 0.3) is 5.76 Å². The van der Waals surface area contributed by atoms with E-state index in [-0.39, 0.29) is 35.8 Å². The second-order valence-corrected chi connectivity index (χ2v) is 9.11. The Morgan fingerprint density at radius 2 is 1.70 bits per heavy atom. The van der Waals surface area contributed by atoms with Crippen LogP contribution >= 0.6 is 12.4 Å². The van der Waals surface area contributed by atoms with E-state index in [9.17, 15) is 39.9 Å². The molecular weight excluding hydrogens is 512 g/mol. The Hall–Kier alpha value is -3.00. The number of primary amides is 1. The van der Waals surface area contributed by atoms with Crippen LogP contribution in [0.1, 0.15) is 30.9 Å². The lowest BCUT2D eigenvalue weighted by Gasteiger charge is -2.53. The molecular formula is C24H33ClN2O10. The first-order chi connectivity index (χ1) is 16.3. The summed E-state index contributed by atoms with van der Waals surface area (Å²) in [7, 11) is 2.92. The number of nitrogens with two attached hydrogens (primary N) is 1. The van der Waals surface area contributed by atoms with Crippen molar-refractivity contribution in [3.05, 3.63) is 46.2 Å². The molecule has 0 aromatic heterocycles. The number of phenols is 1. The number of fused-ring (bicyclic) bond motifs is 3. The molecule has 4 rings (SSSR count). The number of Topliss-reactive ketones (excluding diaryl/α,β-unsaturated/α-hetero) is 2. The molecule has 1 fully saturated rings. The number of hydrogen-bond donors (Lipinski definition) is 7. The number of aromatic hydroxyl groups is 1. The summed E-state index contributed by atoms with van der Waals surface area (Å²) in [4.78, 5) is 40.0. The molecule has 1 amide bonds. The van der Waals surface area contributed by atoms with E-state index in [0.717, 1.165) is 0 Å². The molecule has 1 aromatic rings. The Kier molecular flexibility index (Phi) is 9.67. The molecule has 12 nitrogen and oxygen atoms in total. The quantitative estimate of drug-likeness (QED) is 0.226. The Bertz CT molecular complexity index is 1160. The van der Waals surface area contributed by atoms with Gasteiger partial charge in [-0.25, -0.2) is 0 Å². The van der Waals surface area contributed by atoms with E-state index in [1.165, 1.54) is 25.1 Å². The summed E-state index contributed by atoms with van der Waals surface area (Å²) in [6.45, 7) is 3.61. The van der Waals surface area contributed by atoms with Gasteiger partial charge in [-0.2, -0.15) is 0 Å². The predicted molar refractivity (Wildman–Crippen MR) is 134 cm³/mol. The molecule has 3 aliphatic rings. The van der Waals surface area contributed by atoms with Gasteiger partial charge in [-0.05, 0) is 38.6 Å². The van der Waals surface area contributed by atoms with Crippen molar-refractivity contribution >= 4 is 35.6 Å². The van der Waals surface area contributed by atoms with Crippen molar-refractivity contribution in [3.8, 4) is 5.75 Å². The van der Waals surface area contributed by atoms with Gasteiger partial charge in [0, 0.05) is 18.1 Å². The summed E-state index contributed by atoms with van der Waals surface area (Å²) in [5.74, 6) is -8.87. The van der Waals surface area contributed by atoms with E-state index in [2.05, 4.69) is 0 Å². The SMILES string of the molecule is CCO.C[C@H]1c2cccc(O)c2C(O)=C2C(=O)[C@]3(O)C(O)=C(C(N)=O)C(=O)[C@@H](N(C)C)[C@@H]3C(O)[C@@H]21.Cl.O. The third-order valence-electron chi connectivity index (χ3n) is 6.99. The van der Waals surface area contributed by atoms with Gasteiger partial charge in [-0.1, -0.05) is 19.1 Å². The topological polar surface area (TPSA) is 233 Å². The number of aliphatic hydroxyl groups excluding tert-OH is 4. The van der Waals surface area contributed by atoms with Crippen molar-refractivity contribution in [1.82, 2.24) is 4.90 Å². The molecule has 0 heterocycles. The monoisotopic (exact) mass is 544 g/mol. The highest BCUT2D eigenvalue weighted by Crippen LogP contribution is 2.55. The van der Waals surface area contributed by atoms with E-state index >= 15 is 0 Å². The third kappa shape index (κ3) is 4.39. The van der Waals surface area contributed by atoms with Crippen LogP contribution in [0, 0.1) is 11.8 Å². The number of rotatable bonds is 2. The maximum Gasteiger partial charge on any atom is 0.255 e. The molecule has 6 atom stereocenters. The number of carbonyl (C=O) groups excluding carboxylic acids is 3. The average Bonchev–Trinajstić information content (AvgIpc) is 2.76. The molecule has 206 valence electrons. The first-order valence-electron chi connectivity index (χ1n) is 11.0. The van der Waals surface area contributed by atoms with E-state index in [1.54, 1.807) is 26.0 Å². The van der Waals surface area contributed by atoms with E-state index < -0.39 is 75.6 Å². The Morgan fingerprint density at radius 3 is 2.19 bits per heavy atom. The van der Waals surface area contributed by atoms with Crippen molar-refractivity contribution in [2.45, 2.75) is 37.5 Å². The number of nitrogens with zero attached hydrogens (tertiary/aromatic N) is 1. The second kappa shape index (κ2) is 11.2. The van der Waals surface area contributed by atoms with E-state index in [1.807, 2.05) is 0 Å².